The molecule has 0 amide bonds. The lowest BCUT2D eigenvalue weighted by Gasteiger charge is -2.06. The molecule has 0 aliphatic heterocycles. The molecule has 0 spiro atoms. The molecule has 1 heterocycles. The molecule has 1 aromatic rings. The number of alkyl halides is 2. The maximum atomic E-state index is 12.3. The van der Waals surface area contributed by atoms with Gasteiger partial charge in [-0.15, -0.1) is 0 Å². The largest absolute Gasteiger partial charge is 0.478 e. The summed E-state index contributed by atoms with van der Waals surface area (Å²) in [5.74, 6) is -1.21. The van der Waals surface area contributed by atoms with E-state index in [1.807, 2.05) is 0 Å². The van der Waals surface area contributed by atoms with Gasteiger partial charge in [0.05, 0.1) is 9.13 Å². The zero-order valence-corrected chi connectivity index (χ0v) is 10.2. The number of carboxylic acids is 1. The Labute approximate surface area is 99.8 Å². The molecule has 7 heteroatoms. The van der Waals surface area contributed by atoms with E-state index < -0.39 is 18.1 Å². The van der Waals surface area contributed by atoms with Crippen LogP contribution in [0.25, 0.3) is 0 Å². The molecule has 0 fully saturated rings. The van der Waals surface area contributed by atoms with Gasteiger partial charge in [-0.05, 0) is 38.5 Å². The van der Waals surface area contributed by atoms with Gasteiger partial charge in [0.1, 0.15) is 5.69 Å². The third kappa shape index (κ3) is 2.19. The highest BCUT2D eigenvalue weighted by molar-refractivity contribution is 14.1. The Morgan fingerprint density at radius 3 is 2.64 bits per heavy atom. The first-order valence-electron chi connectivity index (χ1n) is 3.30. The maximum Gasteiger partial charge on any atom is 0.338 e. The van der Waals surface area contributed by atoms with Crippen LogP contribution in [-0.4, -0.2) is 16.1 Å². The van der Waals surface area contributed by atoms with E-state index in [0.29, 0.717) is 0 Å². The van der Waals surface area contributed by atoms with E-state index in [1.165, 1.54) is 0 Å². The van der Waals surface area contributed by atoms with Crippen molar-refractivity contribution in [3.63, 3.8) is 0 Å². The van der Waals surface area contributed by atoms with Crippen LogP contribution in [0.2, 0.25) is 0 Å². The second-order valence-electron chi connectivity index (χ2n) is 2.29. The van der Waals surface area contributed by atoms with Gasteiger partial charge in [0, 0.05) is 10.7 Å². The van der Waals surface area contributed by atoms with Crippen LogP contribution in [0.4, 0.5) is 8.78 Å². The minimum atomic E-state index is -2.71. The van der Waals surface area contributed by atoms with Crippen molar-refractivity contribution in [1.29, 1.82) is 0 Å². The fourth-order valence-corrected chi connectivity index (χ4v) is 1.92. The van der Waals surface area contributed by atoms with Gasteiger partial charge in [0.15, 0.2) is 0 Å². The zero-order valence-electron chi connectivity index (χ0n) is 6.47. The van der Waals surface area contributed by atoms with E-state index in [4.69, 9.17) is 5.11 Å². The Hall–Kier alpha value is -0.310. The van der Waals surface area contributed by atoms with Gasteiger partial charge in [-0.1, -0.05) is 0 Å². The average molecular weight is 378 g/mol. The van der Waals surface area contributed by atoms with Gasteiger partial charge >= 0.3 is 5.97 Å². The monoisotopic (exact) mass is 377 g/mol. The van der Waals surface area contributed by atoms with Gasteiger partial charge in [-0.2, -0.15) is 0 Å². The maximum absolute atomic E-state index is 12.3. The first-order chi connectivity index (χ1) is 6.45. The number of halogens is 4. The van der Waals surface area contributed by atoms with Gasteiger partial charge in [-0.25, -0.2) is 13.6 Å². The minimum Gasteiger partial charge on any atom is -0.478 e. The highest BCUT2D eigenvalue weighted by atomic mass is 127. The summed E-state index contributed by atoms with van der Waals surface area (Å²) in [5.41, 5.74) is -0.540. The van der Waals surface area contributed by atoms with Crippen molar-refractivity contribution in [2.45, 2.75) is 6.43 Å². The van der Waals surface area contributed by atoms with E-state index in [1.54, 1.807) is 22.6 Å². The molecule has 0 unspecified atom stereocenters. The molecule has 0 saturated carbocycles. The SMILES string of the molecule is O=C(O)c1cnc(C(F)F)c(I)c1Br. The number of nitrogens with zero attached hydrogens (tertiary/aromatic N) is 1. The predicted molar refractivity (Wildman–Crippen MR) is 56.6 cm³/mol. The third-order valence-electron chi connectivity index (χ3n) is 1.42. The number of hydrogen-bond acceptors (Lipinski definition) is 2. The number of hydrogen-bond donors (Lipinski definition) is 1. The Balaban J connectivity index is 3.33. The van der Waals surface area contributed by atoms with Gasteiger partial charge in [-0.3, -0.25) is 4.98 Å². The molecule has 14 heavy (non-hydrogen) atoms. The molecule has 0 aromatic carbocycles. The highest BCUT2D eigenvalue weighted by Gasteiger charge is 2.20. The predicted octanol–water partition coefficient (Wildman–Crippen LogP) is 3.08. The molecule has 76 valence electrons. The number of pyridine rings is 1. The highest BCUT2D eigenvalue weighted by Crippen LogP contribution is 2.30. The first kappa shape index (κ1) is 11.8. The van der Waals surface area contributed by atoms with Crippen LogP contribution < -0.4 is 0 Å². The fourth-order valence-electron chi connectivity index (χ4n) is 0.779. The summed E-state index contributed by atoms with van der Waals surface area (Å²) in [5, 5.41) is 8.66. The Morgan fingerprint density at radius 1 is 1.64 bits per heavy atom. The van der Waals surface area contributed by atoms with Crippen molar-refractivity contribution in [1.82, 2.24) is 4.98 Å². The minimum absolute atomic E-state index is 0.123. The molecule has 1 rings (SSSR count). The molecule has 0 saturated heterocycles. The molecule has 1 N–H and O–H groups in total. The molecule has 0 atom stereocenters. The van der Waals surface area contributed by atoms with Gasteiger partial charge in [0.2, 0.25) is 0 Å². The molecule has 1 aromatic heterocycles. The smallest absolute Gasteiger partial charge is 0.338 e. The lowest BCUT2D eigenvalue weighted by Crippen LogP contribution is -2.04. The first-order valence-corrected chi connectivity index (χ1v) is 5.17. The number of aromatic carboxylic acids is 1. The molecular formula is C7H3BrF2INO2. The fraction of sp³-hybridized carbons (Fsp3) is 0.143. The van der Waals surface area contributed by atoms with Crippen molar-refractivity contribution >= 4 is 44.5 Å². The van der Waals surface area contributed by atoms with E-state index >= 15 is 0 Å². The summed E-state index contributed by atoms with van der Waals surface area (Å²) in [6, 6.07) is 0. The van der Waals surface area contributed by atoms with Gasteiger partial charge in [0.25, 0.3) is 6.43 Å². The second-order valence-corrected chi connectivity index (χ2v) is 4.16. The van der Waals surface area contributed by atoms with Crippen molar-refractivity contribution in [3.05, 3.63) is 25.5 Å². The second kappa shape index (κ2) is 4.47. The molecular weight excluding hydrogens is 375 g/mol. The summed E-state index contributed by atoms with van der Waals surface area (Å²) in [4.78, 5) is 14.0. The van der Waals surface area contributed by atoms with Crippen molar-refractivity contribution in [2.75, 3.05) is 0 Å². The number of aromatic nitrogens is 1. The van der Waals surface area contributed by atoms with E-state index in [0.717, 1.165) is 6.20 Å². The Bertz CT molecular complexity index is 386. The van der Waals surface area contributed by atoms with Crippen LogP contribution in [0, 0.1) is 3.57 Å². The number of carbonyl (C=O) groups is 1. The number of carboxylic acid groups (broad SMARTS) is 1. The van der Waals surface area contributed by atoms with Crippen molar-refractivity contribution < 1.29 is 18.7 Å². The van der Waals surface area contributed by atoms with Crippen LogP contribution in [0.1, 0.15) is 22.5 Å². The molecule has 0 radical (unpaired) electrons. The normalized spacial score (nSPS) is 10.6. The van der Waals surface area contributed by atoms with Crippen LogP contribution >= 0.6 is 38.5 Å². The van der Waals surface area contributed by atoms with Crippen LogP contribution in [-0.2, 0) is 0 Å². The van der Waals surface area contributed by atoms with E-state index in [2.05, 4.69) is 20.9 Å². The summed E-state index contributed by atoms with van der Waals surface area (Å²) in [6.45, 7) is 0. The lowest BCUT2D eigenvalue weighted by atomic mass is 10.2. The molecule has 3 nitrogen and oxygen atoms in total. The van der Waals surface area contributed by atoms with Crippen molar-refractivity contribution in [3.8, 4) is 0 Å². The Kier molecular flexibility index (Phi) is 3.76. The molecule has 0 bridgehead atoms. The lowest BCUT2D eigenvalue weighted by molar-refractivity contribution is 0.0694. The number of rotatable bonds is 2. The Morgan fingerprint density at radius 2 is 2.21 bits per heavy atom. The van der Waals surface area contributed by atoms with E-state index in [-0.39, 0.29) is 13.6 Å². The summed E-state index contributed by atoms with van der Waals surface area (Å²) in [6.07, 6.45) is -1.79. The van der Waals surface area contributed by atoms with Gasteiger partial charge < -0.3 is 5.11 Å². The van der Waals surface area contributed by atoms with Crippen LogP contribution in [0.15, 0.2) is 10.7 Å². The third-order valence-corrected chi connectivity index (χ3v) is 4.08. The molecule has 0 aliphatic rings. The van der Waals surface area contributed by atoms with Crippen LogP contribution in [0.3, 0.4) is 0 Å². The van der Waals surface area contributed by atoms with Crippen molar-refractivity contribution in [2.24, 2.45) is 0 Å². The summed E-state index contributed by atoms with van der Waals surface area (Å²) < 4.78 is 24.9. The van der Waals surface area contributed by atoms with Crippen LogP contribution in [0.5, 0.6) is 0 Å². The summed E-state index contributed by atoms with van der Waals surface area (Å²) >= 11 is 4.56. The summed E-state index contributed by atoms with van der Waals surface area (Å²) in [7, 11) is 0. The van der Waals surface area contributed by atoms with E-state index in [9.17, 15) is 13.6 Å². The standard InChI is InChI=1S/C7H3BrF2INO2/c8-3-2(7(13)14)1-12-5(4(3)11)6(9)10/h1,6H,(H,13,14). The topological polar surface area (TPSA) is 50.2 Å². The molecule has 0 aliphatic carbocycles. The zero-order chi connectivity index (χ0) is 10.9. The average Bonchev–Trinajstić information content (AvgIpc) is 2.08. The quantitative estimate of drug-likeness (QED) is 0.806.